The maximum Gasteiger partial charge on any atom is 0.439 e. The van der Waals surface area contributed by atoms with Crippen molar-refractivity contribution in [3.05, 3.63) is 78.7 Å². The molecule has 1 unspecified atom stereocenters. The zero-order chi connectivity index (χ0) is 27.2. The Balaban J connectivity index is 1.70. The summed E-state index contributed by atoms with van der Waals surface area (Å²) in [5, 5.41) is 14.4. The van der Waals surface area contributed by atoms with E-state index in [1.165, 1.54) is 0 Å². The van der Waals surface area contributed by atoms with Gasteiger partial charge in [0.25, 0.3) is 0 Å². The number of pyridine rings is 1. The maximum atomic E-state index is 13.1. The van der Waals surface area contributed by atoms with Crippen molar-refractivity contribution in [1.29, 1.82) is 0 Å². The number of nitrogens with zero attached hydrogens (tertiary/aromatic N) is 4. The molecule has 37 heavy (non-hydrogen) atoms. The van der Waals surface area contributed by atoms with Crippen molar-refractivity contribution >= 4 is 38.3 Å². The average molecular weight is 532 g/mol. The van der Waals surface area contributed by atoms with Crippen LogP contribution in [0.3, 0.4) is 0 Å². The summed E-state index contributed by atoms with van der Waals surface area (Å²) in [5.74, 6) is 0.423. The highest BCUT2D eigenvalue weighted by molar-refractivity contribution is 8.21. The SMILES string of the molecule is C=C(SC(=NC)C(F)(F)F)c1ccc2cnc(NC(O)C(/C=C\C(=C)N3CCN(C)CC3)=C/C)cc2c1. The molecule has 1 fully saturated rings. The van der Waals surface area contributed by atoms with E-state index >= 15 is 0 Å². The molecule has 0 aliphatic carbocycles. The lowest BCUT2D eigenvalue weighted by molar-refractivity contribution is -0.0554. The first-order chi connectivity index (χ1) is 17.5. The van der Waals surface area contributed by atoms with Gasteiger partial charge in [0, 0.05) is 55.4 Å². The molecule has 1 aliphatic heterocycles. The van der Waals surface area contributed by atoms with Gasteiger partial charge in [0.05, 0.1) is 0 Å². The summed E-state index contributed by atoms with van der Waals surface area (Å²) in [6.07, 6.45) is 1.61. The van der Waals surface area contributed by atoms with Gasteiger partial charge in [0.2, 0.25) is 0 Å². The second-order valence-corrected chi connectivity index (χ2v) is 9.72. The summed E-state index contributed by atoms with van der Waals surface area (Å²) in [6, 6.07) is 6.94. The Morgan fingerprint density at radius 2 is 1.86 bits per heavy atom. The van der Waals surface area contributed by atoms with E-state index in [1.54, 1.807) is 36.5 Å². The molecule has 0 spiro atoms. The minimum absolute atomic E-state index is 0.230. The number of nitrogens with one attached hydrogen (secondary N) is 1. The van der Waals surface area contributed by atoms with Crippen molar-refractivity contribution in [2.45, 2.75) is 19.3 Å². The second kappa shape index (κ2) is 12.4. The van der Waals surface area contributed by atoms with Gasteiger partial charge >= 0.3 is 6.18 Å². The molecule has 6 nitrogen and oxygen atoms in total. The van der Waals surface area contributed by atoms with Crippen molar-refractivity contribution in [3.63, 3.8) is 0 Å². The van der Waals surface area contributed by atoms with E-state index in [0.717, 1.165) is 49.7 Å². The number of allylic oxidation sites excluding steroid dienone is 2. The van der Waals surface area contributed by atoms with E-state index in [1.807, 2.05) is 19.1 Å². The fraction of sp³-hybridized carbons (Fsp3) is 0.333. The lowest BCUT2D eigenvalue weighted by atomic mass is 10.1. The smallest absolute Gasteiger partial charge is 0.369 e. The van der Waals surface area contributed by atoms with Crippen LogP contribution in [0.5, 0.6) is 0 Å². The van der Waals surface area contributed by atoms with Gasteiger partial charge in [-0.2, -0.15) is 13.2 Å². The zero-order valence-electron chi connectivity index (χ0n) is 21.2. The molecular formula is C27H32F3N5OS. The fourth-order valence-corrected chi connectivity index (χ4v) is 4.44. The van der Waals surface area contributed by atoms with Crippen LogP contribution in [0.15, 0.2) is 78.1 Å². The third-order valence-corrected chi connectivity index (χ3v) is 7.11. The van der Waals surface area contributed by atoms with Crippen molar-refractivity contribution in [3.8, 4) is 0 Å². The van der Waals surface area contributed by atoms with Crippen LogP contribution in [0, 0.1) is 0 Å². The van der Waals surface area contributed by atoms with Gasteiger partial charge in [0.15, 0.2) is 11.3 Å². The fourth-order valence-electron chi connectivity index (χ4n) is 3.76. The van der Waals surface area contributed by atoms with Gasteiger partial charge in [-0.1, -0.05) is 49.2 Å². The Bertz CT molecular complexity index is 1230. The van der Waals surface area contributed by atoms with Crippen molar-refractivity contribution in [2.75, 3.05) is 45.6 Å². The van der Waals surface area contributed by atoms with Crippen molar-refractivity contribution < 1.29 is 18.3 Å². The quantitative estimate of drug-likeness (QED) is 0.202. The molecule has 1 aliphatic rings. The Morgan fingerprint density at radius 3 is 2.49 bits per heavy atom. The number of piperazine rings is 1. The number of halogens is 3. The maximum absolute atomic E-state index is 13.1. The number of benzene rings is 1. The summed E-state index contributed by atoms with van der Waals surface area (Å²) in [5.41, 5.74) is 2.07. The summed E-state index contributed by atoms with van der Waals surface area (Å²) in [6.45, 7) is 13.5. The van der Waals surface area contributed by atoms with Gasteiger partial charge in [-0.25, -0.2) is 4.98 Å². The molecule has 1 saturated heterocycles. The molecule has 3 rings (SSSR count). The second-order valence-electron chi connectivity index (χ2n) is 8.63. The van der Waals surface area contributed by atoms with Crippen molar-refractivity contribution in [2.24, 2.45) is 4.99 Å². The third-order valence-electron chi connectivity index (χ3n) is 6.02. The Hall–Kier alpha value is -3.08. The van der Waals surface area contributed by atoms with Crippen LogP contribution in [0.4, 0.5) is 19.0 Å². The molecule has 0 radical (unpaired) electrons. The lowest BCUT2D eigenvalue weighted by Crippen LogP contribution is -2.43. The molecule has 2 aromatic rings. The summed E-state index contributed by atoms with van der Waals surface area (Å²) >= 11 is 0.484. The number of aliphatic hydroxyl groups excluding tert-OH is 1. The predicted molar refractivity (Wildman–Crippen MR) is 149 cm³/mol. The standard InChI is InChI=1S/C27H32F3N5OS/c1-6-20(8-7-18(2)35-13-11-34(5)12-14-35)25(36)33-24-16-23-15-21(9-10-22(23)17-32-24)19(3)37-26(31-4)27(28,29)30/h6-10,15-17,25,36H,2-3,11-14H2,1,4-5H3,(H,32,33)/b8-7-,20-6+,31-26?. The van der Waals surface area contributed by atoms with E-state index in [-0.39, 0.29) is 4.91 Å². The van der Waals surface area contributed by atoms with E-state index in [0.29, 0.717) is 28.7 Å². The zero-order valence-corrected chi connectivity index (χ0v) is 22.0. The van der Waals surface area contributed by atoms with Crippen LogP contribution in [0.25, 0.3) is 15.7 Å². The van der Waals surface area contributed by atoms with E-state index < -0.39 is 17.4 Å². The molecule has 1 aromatic heterocycles. The van der Waals surface area contributed by atoms with Crippen LogP contribution in [0.2, 0.25) is 0 Å². The first-order valence-corrected chi connectivity index (χ1v) is 12.6. The first kappa shape index (κ1) is 28.5. The van der Waals surface area contributed by atoms with E-state index in [4.69, 9.17) is 0 Å². The minimum Gasteiger partial charge on any atom is -0.369 e. The minimum atomic E-state index is -4.54. The molecule has 10 heteroatoms. The molecule has 0 amide bonds. The number of aliphatic imine (C=N–C) groups is 1. The number of anilines is 1. The van der Waals surface area contributed by atoms with E-state index in [9.17, 15) is 18.3 Å². The average Bonchev–Trinajstić information content (AvgIpc) is 2.86. The normalized spacial score (nSPS) is 16.9. The van der Waals surface area contributed by atoms with Gasteiger partial charge in [-0.05, 0) is 48.7 Å². The molecular weight excluding hydrogens is 499 g/mol. The van der Waals surface area contributed by atoms with Crippen LogP contribution in [-0.4, -0.2) is 77.6 Å². The molecule has 1 atom stereocenters. The number of fused-ring (bicyclic) bond motifs is 1. The number of aromatic nitrogens is 1. The monoisotopic (exact) mass is 531 g/mol. The van der Waals surface area contributed by atoms with Crippen molar-refractivity contribution in [1.82, 2.24) is 14.8 Å². The number of hydrogen-bond donors (Lipinski definition) is 2. The van der Waals surface area contributed by atoms with Gasteiger partial charge in [-0.3, -0.25) is 4.99 Å². The number of alkyl halides is 3. The Morgan fingerprint density at radius 1 is 1.16 bits per heavy atom. The Kier molecular flexibility index (Phi) is 9.58. The predicted octanol–water partition coefficient (Wildman–Crippen LogP) is 5.52. The van der Waals surface area contributed by atoms with Crippen LogP contribution in [-0.2, 0) is 0 Å². The van der Waals surface area contributed by atoms with E-state index in [2.05, 4.69) is 45.3 Å². The van der Waals surface area contributed by atoms with Gasteiger partial charge in [0.1, 0.15) is 5.82 Å². The summed E-state index contributed by atoms with van der Waals surface area (Å²) in [7, 11) is 3.20. The molecule has 198 valence electrons. The van der Waals surface area contributed by atoms with Crippen LogP contribution in [0.1, 0.15) is 12.5 Å². The third kappa shape index (κ3) is 7.70. The number of hydrogen-bond acceptors (Lipinski definition) is 7. The molecule has 1 aromatic carbocycles. The molecule has 0 saturated carbocycles. The highest BCUT2D eigenvalue weighted by Crippen LogP contribution is 2.35. The topological polar surface area (TPSA) is 64.0 Å². The van der Waals surface area contributed by atoms with Gasteiger partial charge in [-0.15, -0.1) is 0 Å². The van der Waals surface area contributed by atoms with Gasteiger partial charge < -0.3 is 20.2 Å². The first-order valence-electron chi connectivity index (χ1n) is 11.7. The molecule has 2 heterocycles. The molecule has 2 N–H and O–H groups in total. The number of rotatable bonds is 8. The lowest BCUT2D eigenvalue weighted by Gasteiger charge is -2.34. The summed E-state index contributed by atoms with van der Waals surface area (Å²) < 4.78 is 39.2. The number of thioether (sulfide) groups is 1. The Labute approximate surface area is 220 Å². The largest absolute Gasteiger partial charge is 0.439 e. The number of aliphatic hydroxyl groups is 1. The van der Waals surface area contributed by atoms with Crippen LogP contribution >= 0.6 is 11.8 Å². The van der Waals surface area contributed by atoms with Crippen LogP contribution < -0.4 is 5.32 Å². The highest BCUT2D eigenvalue weighted by atomic mass is 32.2. The summed E-state index contributed by atoms with van der Waals surface area (Å²) in [4.78, 5) is 12.4. The molecule has 0 bridgehead atoms. The number of likely N-dealkylation sites (N-methyl/N-ethyl adjacent to an activating group) is 1. The highest BCUT2D eigenvalue weighted by Gasteiger charge is 2.36.